The molecule has 8 heteroatoms. The molecule has 0 fully saturated rings. The Labute approximate surface area is 93.2 Å². The quantitative estimate of drug-likeness (QED) is 0.697. The standard InChI is InChI=1S/C7H12N4O2S2/c1-11(2)15(12,13)5-6-4-8-10-7(9-6)14-3/h4H,5H2,1-3H3. The van der Waals surface area contributed by atoms with Crippen LogP contribution in [0.2, 0.25) is 0 Å². The van der Waals surface area contributed by atoms with Crippen molar-refractivity contribution in [1.82, 2.24) is 19.5 Å². The summed E-state index contributed by atoms with van der Waals surface area (Å²) in [5.74, 6) is -0.150. The molecular weight excluding hydrogens is 236 g/mol. The molecule has 0 N–H and O–H groups in total. The summed E-state index contributed by atoms with van der Waals surface area (Å²) < 4.78 is 24.2. The molecule has 0 aliphatic rings. The van der Waals surface area contributed by atoms with Crippen LogP contribution < -0.4 is 0 Å². The molecule has 1 rings (SSSR count). The lowest BCUT2D eigenvalue weighted by molar-refractivity contribution is 0.518. The number of nitrogens with zero attached hydrogens (tertiary/aromatic N) is 4. The van der Waals surface area contributed by atoms with Crippen molar-refractivity contribution in [3.05, 3.63) is 11.9 Å². The third-order valence-electron chi connectivity index (χ3n) is 1.66. The third kappa shape index (κ3) is 3.40. The van der Waals surface area contributed by atoms with Gasteiger partial charge in [-0.3, -0.25) is 0 Å². The molecule has 0 radical (unpaired) electrons. The van der Waals surface area contributed by atoms with Gasteiger partial charge in [0.2, 0.25) is 15.2 Å². The second kappa shape index (κ2) is 4.86. The van der Waals surface area contributed by atoms with Gasteiger partial charge in [0.05, 0.1) is 11.9 Å². The molecule has 84 valence electrons. The summed E-state index contributed by atoms with van der Waals surface area (Å²) >= 11 is 1.32. The van der Waals surface area contributed by atoms with E-state index in [-0.39, 0.29) is 5.75 Å². The van der Waals surface area contributed by atoms with Crippen LogP contribution in [0, 0.1) is 0 Å². The SMILES string of the molecule is CSc1nncc(CS(=O)(=O)N(C)C)n1. The number of hydrogen-bond acceptors (Lipinski definition) is 6. The smallest absolute Gasteiger partial charge is 0.219 e. The zero-order chi connectivity index (χ0) is 11.5. The zero-order valence-electron chi connectivity index (χ0n) is 8.71. The molecule has 1 heterocycles. The molecule has 0 atom stereocenters. The van der Waals surface area contributed by atoms with E-state index in [1.54, 1.807) is 6.26 Å². The molecule has 0 saturated heterocycles. The highest BCUT2D eigenvalue weighted by molar-refractivity contribution is 7.98. The van der Waals surface area contributed by atoms with Crippen LogP contribution in [0.5, 0.6) is 0 Å². The summed E-state index contributed by atoms with van der Waals surface area (Å²) in [6.45, 7) is 0. The first kappa shape index (κ1) is 12.3. The lowest BCUT2D eigenvalue weighted by Gasteiger charge is -2.10. The molecular formula is C7H12N4O2S2. The van der Waals surface area contributed by atoms with Crippen LogP contribution in [-0.2, 0) is 15.8 Å². The van der Waals surface area contributed by atoms with Crippen molar-refractivity contribution in [3.8, 4) is 0 Å². The maximum atomic E-state index is 11.5. The molecule has 6 nitrogen and oxygen atoms in total. The van der Waals surface area contributed by atoms with E-state index in [9.17, 15) is 8.42 Å². The minimum atomic E-state index is -3.28. The van der Waals surface area contributed by atoms with Gasteiger partial charge in [-0.2, -0.15) is 5.10 Å². The predicted molar refractivity (Wildman–Crippen MR) is 57.9 cm³/mol. The highest BCUT2D eigenvalue weighted by Crippen LogP contribution is 2.09. The summed E-state index contributed by atoms with van der Waals surface area (Å²) in [6.07, 6.45) is 3.17. The van der Waals surface area contributed by atoms with Crippen LogP contribution in [0.4, 0.5) is 0 Å². The van der Waals surface area contributed by atoms with E-state index in [0.29, 0.717) is 10.9 Å². The lowest BCUT2D eigenvalue weighted by atomic mass is 10.5. The third-order valence-corrected chi connectivity index (χ3v) is 3.97. The average Bonchev–Trinajstić information content (AvgIpc) is 2.17. The first-order valence-electron chi connectivity index (χ1n) is 4.08. The summed E-state index contributed by atoms with van der Waals surface area (Å²) in [4.78, 5) is 4.04. The molecule has 0 bridgehead atoms. The summed E-state index contributed by atoms with van der Waals surface area (Å²) in [7, 11) is -0.311. The van der Waals surface area contributed by atoms with E-state index in [4.69, 9.17) is 0 Å². The van der Waals surface area contributed by atoms with Crippen molar-refractivity contribution in [2.24, 2.45) is 0 Å². The van der Waals surface area contributed by atoms with Crippen molar-refractivity contribution in [2.45, 2.75) is 10.9 Å². The first-order valence-corrected chi connectivity index (χ1v) is 6.92. The van der Waals surface area contributed by atoms with Gasteiger partial charge in [0.1, 0.15) is 5.75 Å². The van der Waals surface area contributed by atoms with Crippen LogP contribution in [-0.4, -0.2) is 48.3 Å². The van der Waals surface area contributed by atoms with Gasteiger partial charge in [-0.05, 0) is 6.26 Å². The molecule has 0 amide bonds. The van der Waals surface area contributed by atoms with E-state index in [2.05, 4.69) is 15.2 Å². The van der Waals surface area contributed by atoms with Gasteiger partial charge in [-0.1, -0.05) is 11.8 Å². The van der Waals surface area contributed by atoms with Crippen molar-refractivity contribution in [2.75, 3.05) is 20.4 Å². The second-order valence-electron chi connectivity index (χ2n) is 2.97. The largest absolute Gasteiger partial charge is 0.223 e. The van der Waals surface area contributed by atoms with Crippen molar-refractivity contribution in [3.63, 3.8) is 0 Å². The van der Waals surface area contributed by atoms with Gasteiger partial charge < -0.3 is 0 Å². The van der Waals surface area contributed by atoms with E-state index < -0.39 is 10.0 Å². The fourth-order valence-corrected chi connectivity index (χ4v) is 1.90. The fraction of sp³-hybridized carbons (Fsp3) is 0.571. The van der Waals surface area contributed by atoms with Gasteiger partial charge in [0.15, 0.2) is 0 Å². The highest BCUT2D eigenvalue weighted by Gasteiger charge is 2.16. The van der Waals surface area contributed by atoms with E-state index >= 15 is 0 Å². The Balaban J connectivity index is 2.90. The molecule has 1 aromatic rings. The van der Waals surface area contributed by atoms with Crippen LogP contribution >= 0.6 is 11.8 Å². The topological polar surface area (TPSA) is 76.1 Å². The van der Waals surface area contributed by atoms with Crippen molar-refractivity contribution >= 4 is 21.8 Å². The van der Waals surface area contributed by atoms with Crippen LogP contribution in [0.3, 0.4) is 0 Å². The number of hydrogen-bond donors (Lipinski definition) is 0. The molecule has 0 spiro atoms. The Morgan fingerprint density at radius 2 is 2.13 bits per heavy atom. The van der Waals surface area contributed by atoms with Crippen molar-refractivity contribution in [1.29, 1.82) is 0 Å². The van der Waals surface area contributed by atoms with E-state index in [1.807, 2.05) is 0 Å². The van der Waals surface area contributed by atoms with E-state index in [0.717, 1.165) is 4.31 Å². The van der Waals surface area contributed by atoms with Gasteiger partial charge in [0, 0.05) is 14.1 Å². The molecule has 0 saturated carbocycles. The summed E-state index contributed by atoms with van der Waals surface area (Å²) in [6, 6.07) is 0. The van der Waals surface area contributed by atoms with Gasteiger partial charge in [0.25, 0.3) is 0 Å². The molecule has 1 aromatic heterocycles. The zero-order valence-corrected chi connectivity index (χ0v) is 10.3. The molecule has 0 aliphatic carbocycles. The number of thioether (sulfide) groups is 1. The Morgan fingerprint density at radius 3 is 2.67 bits per heavy atom. The minimum Gasteiger partial charge on any atom is -0.223 e. The monoisotopic (exact) mass is 248 g/mol. The predicted octanol–water partition coefficient (Wildman–Crippen LogP) is -0.0151. The lowest BCUT2D eigenvalue weighted by Crippen LogP contribution is -2.24. The van der Waals surface area contributed by atoms with Gasteiger partial charge in [-0.15, -0.1) is 5.10 Å². The fourth-order valence-electron chi connectivity index (χ4n) is 0.791. The maximum absolute atomic E-state index is 11.5. The van der Waals surface area contributed by atoms with Gasteiger partial charge >= 0.3 is 0 Å². The Morgan fingerprint density at radius 1 is 1.47 bits per heavy atom. The van der Waals surface area contributed by atoms with Crippen LogP contribution in [0.25, 0.3) is 0 Å². The minimum absolute atomic E-state index is 0.150. The molecule has 0 aromatic carbocycles. The maximum Gasteiger partial charge on any atom is 0.219 e. The molecule has 15 heavy (non-hydrogen) atoms. The number of sulfonamides is 1. The molecule has 0 aliphatic heterocycles. The normalized spacial score (nSPS) is 12.0. The van der Waals surface area contributed by atoms with Crippen LogP contribution in [0.1, 0.15) is 5.69 Å². The molecule has 0 unspecified atom stereocenters. The van der Waals surface area contributed by atoms with Crippen LogP contribution in [0.15, 0.2) is 11.4 Å². The number of rotatable bonds is 4. The Kier molecular flexibility index (Phi) is 4.00. The van der Waals surface area contributed by atoms with E-state index in [1.165, 1.54) is 32.1 Å². The summed E-state index contributed by atoms with van der Waals surface area (Å²) in [5.41, 5.74) is 0.406. The summed E-state index contributed by atoms with van der Waals surface area (Å²) in [5, 5.41) is 7.88. The average molecular weight is 248 g/mol. The van der Waals surface area contributed by atoms with Crippen molar-refractivity contribution < 1.29 is 8.42 Å². The second-order valence-corrected chi connectivity index (χ2v) is 5.93. The Hall–Kier alpha value is -0.730. The first-order chi connectivity index (χ1) is 6.95. The Bertz CT molecular complexity index is 432. The van der Waals surface area contributed by atoms with Gasteiger partial charge in [-0.25, -0.2) is 17.7 Å². The number of aromatic nitrogens is 3. The highest BCUT2D eigenvalue weighted by atomic mass is 32.2.